The molecule has 3 rings (SSSR count). The first-order valence-electron chi connectivity index (χ1n) is 7.75. The van der Waals surface area contributed by atoms with E-state index in [1.165, 1.54) is 0 Å². The van der Waals surface area contributed by atoms with Gasteiger partial charge in [-0.2, -0.15) is 4.98 Å². The summed E-state index contributed by atoms with van der Waals surface area (Å²) in [5, 5.41) is 13.4. The van der Waals surface area contributed by atoms with Gasteiger partial charge in [0.2, 0.25) is 5.82 Å². The van der Waals surface area contributed by atoms with Crippen LogP contribution >= 0.6 is 0 Å². The number of carboxylic acid groups (broad SMARTS) is 1. The summed E-state index contributed by atoms with van der Waals surface area (Å²) in [6.07, 6.45) is 0. The lowest BCUT2D eigenvalue weighted by Crippen LogP contribution is -2.06. The van der Waals surface area contributed by atoms with E-state index in [9.17, 15) is 14.3 Å². The molecule has 0 bridgehead atoms. The van der Waals surface area contributed by atoms with Crippen LogP contribution in [0, 0.1) is 33.5 Å². The summed E-state index contributed by atoms with van der Waals surface area (Å²) in [6, 6.07) is 6.71. The van der Waals surface area contributed by atoms with Gasteiger partial charge < -0.3 is 9.63 Å². The molecule has 0 fully saturated rings. The second-order valence-electron chi connectivity index (χ2n) is 6.05. The Kier molecular flexibility index (Phi) is 4.12. The fraction of sp³-hybridized carbons (Fsp3) is 0.211. The fourth-order valence-electron chi connectivity index (χ4n) is 3.11. The van der Waals surface area contributed by atoms with Crippen LogP contribution in [0.3, 0.4) is 0 Å². The fourth-order valence-corrected chi connectivity index (χ4v) is 3.11. The van der Waals surface area contributed by atoms with Gasteiger partial charge in [0.15, 0.2) is 0 Å². The largest absolute Gasteiger partial charge is 0.478 e. The zero-order chi connectivity index (χ0) is 18.3. The highest BCUT2D eigenvalue weighted by Gasteiger charge is 2.22. The summed E-state index contributed by atoms with van der Waals surface area (Å²) in [6.45, 7) is 6.97. The summed E-state index contributed by atoms with van der Waals surface area (Å²) in [7, 11) is 0. The van der Waals surface area contributed by atoms with E-state index in [-0.39, 0.29) is 22.8 Å². The first-order valence-corrected chi connectivity index (χ1v) is 7.75. The SMILES string of the molecule is Cc1cccc(-c2nc(-c3c(C)cc(C)c(C(=O)O)c3C)no2)c1F. The smallest absolute Gasteiger partial charge is 0.336 e. The van der Waals surface area contributed by atoms with Crippen LogP contribution < -0.4 is 0 Å². The van der Waals surface area contributed by atoms with Crippen molar-refractivity contribution in [2.75, 3.05) is 0 Å². The number of hydrogen-bond donors (Lipinski definition) is 1. The van der Waals surface area contributed by atoms with Gasteiger partial charge in [-0.15, -0.1) is 0 Å². The second-order valence-corrected chi connectivity index (χ2v) is 6.05. The lowest BCUT2D eigenvalue weighted by atomic mass is 9.93. The van der Waals surface area contributed by atoms with E-state index in [4.69, 9.17) is 4.52 Å². The van der Waals surface area contributed by atoms with E-state index in [0.29, 0.717) is 22.3 Å². The molecular formula is C19H17FN2O3. The van der Waals surface area contributed by atoms with E-state index in [2.05, 4.69) is 10.1 Å². The number of benzene rings is 2. The molecule has 0 aliphatic heterocycles. The summed E-state index contributed by atoms with van der Waals surface area (Å²) in [5.41, 5.74) is 3.56. The normalized spacial score (nSPS) is 10.9. The maximum atomic E-state index is 14.3. The van der Waals surface area contributed by atoms with E-state index < -0.39 is 11.8 Å². The Balaban J connectivity index is 2.17. The van der Waals surface area contributed by atoms with Gasteiger partial charge in [-0.3, -0.25) is 0 Å². The molecule has 0 radical (unpaired) electrons. The lowest BCUT2D eigenvalue weighted by Gasteiger charge is -2.12. The van der Waals surface area contributed by atoms with Gasteiger partial charge in [0.05, 0.1) is 11.1 Å². The molecule has 128 valence electrons. The third kappa shape index (κ3) is 2.80. The van der Waals surface area contributed by atoms with Crippen molar-refractivity contribution < 1.29 is 18.8 Å². The van der Waals surface area contributed by atoms with E-state index in [1.807, 2.05) is 6.92 Å². The predicted octanol–water partition coefficient (Wildman–Crippen LogP) is 4.47. The molecule has 0 spiro atoms. The van der Waals surface area contributed by atoms with Gasteiger partial charge >= 0.3 is 5.97 Å². The van der Waals surface area contributed by atoms with Crippen LogP contribution in [0.1, 0.15) is 32.6 Å². The zero-order valence-electron chi connectivity index (χ0n) is 14.3. The van der Waals surface area contributed by atoms with Crippen molar-refractivity contribution in [3.05, 3.63) is 57.9 Å². The Bertz CT molecular complexity index is 993. The van der Waals surface area contributed by atoms with Crippen molar-refractivity contribution in [1.82, 2.24) is 10.1 Å². The molecule has 0 unspecified atom stereocenters. The lowest BCUT2D eigenvalue weighted by molar-refractivity contribution is 0.0695. The molecule has 1 N–H and O–H groups in total. The first-order chi connectivity index (χ1) is 11.8. The van der Waals surface area contributed by atoms with Crippen LogP contribution in [0.4, 0.5) is 4.39 Å². The summed E-state index contributed by atoms with van der Waals surface area (Å²) < 4.78 is 19.5. The third-order valence-corrected chi connectivity index (χ3v) is 4.26. The molecule has 0 saturated heterocycles. The minimum atomic E-state index is -1.01. The summed E-state index contributed by atoms with van der Waals surface area (Å²) in [5.74, 6) is -1.12. The van der Waals surface area contributed by atoms with Crippen molar-refractivity contribution in [1.29, 1.82) is 0 Å². The van der Waals surface area contributed by atoms with Gasteiger partial charge in [-0.25, -0.2) is 9.18 Å². The molecule has 5 nitrogen and oxygen atoms in total. The van der Waals surface area contributed by atoms with Crippen LogP contribution in [0.25, 0.3) is 22.8 Å². The average molecular weight is 340 g/mol. The Morgan fingerprint density at radius 3 is 2.52 bits per heavy atom. The molecule has 0 amide bonds. The number of aromatic carboxylic acids is 1. The number of halogens is 1. The third-order valence-electron chi connectivity index (χ3n) is 4.26. The minimum Gasteiger partial charge on any atom is -0.478 e. The van der Waals surface area contributed by atoms with Gasteiger partial charge in [0.1, 0.15) is 5.82 Å². The molecule has 0 aliphatic rings. The maximum Gasteiger partial charge on any atom is 0.336 e. The quantitative estimate of drug-likeness (QED) is 0.761. The van der Waals surface area contributed by atoms with Gasteiger partial charge in [-0.1, -0.05) is 23.4 Å². The first kappa shape index (κ1) is 16.8. The Hall–Kier alpha value is -3.02. The van der Waals surface area contributed by atoms with Crippen molar-refractivity contribution >= 4 is 5.97 Å². The highest BCUT2D eigenvalue weighted by atomic mass is 19.1. The molecule has 2 aromatic carbocycles. The highest BCUT2D eigenvalue weighted by Crippen LogP contribution is 2.32. The number of hydrogen-bond acceptors (Lipinski definition) is 4. The number of nitrogens with zero attached hydrogens (tertiary/aromatic N) is 2. The van der Waals surface area contributed by atoms with Gasteiger partial charge in [-0.05, 0) is 56.0 Å². The van der Waals surface area contributed by atoms with Crippen LogP contribution in [0.15, 0.2) is 28.8 Å². The summed E-state index contributed by atoms with van der Waals surface area (Å²) >= 11 is 0. The molecule has 6 heteroatoms. The maximum absolute atomic E-state index is 14.3. The molecule has 0 aliphatic carbocycles. The molecule has 3 aromatic rings. The molecular weight excluding hydrogens is 323 g/mol. The number of aryl methyl sites for hydroxylation is 3. The summed E-state index contributed by atoms with van der Waals surface area (Å²) in [4.78, 5) is 15.8. The van der Waals surface area contributed by atoms with Crippen molar-refractivity contribution in [3.63, 3.8) is 0 Å². The van der Waals surface area contributed by atoms with Crippen LogP contribution in [-0.4, -0.2) is 21.2 Å². The number of carboxylic acids is 1. The molecule has 0 saturated carbocycles. The predicted molar refractivity (Wildman–Crippen MR) is 91.0 cm³/mol. The molecule has 0 atom stereocenters. The van der Waals surface area contributed by atoms with Crippen LogP contribution in [0.2, 0.25) is 0 Å². The molecule has 1 aromatic heterocycles. The van der Waals surface area contributed by atoms with E-state index in [1.54, 1.807) is 45.0 Å². The average Bonchev–Trinajstić information content (AvgIpc) is 2.98. The van der Waals surface area contributed by atoms with Crippen LogP contribution in [-0.2, 0) is 0 Å². The zero-order valence-corrected chi connectivity index (χ0v) is 14.3. The second kappa shape index (κ2) is 6.12. The van der Waals surface area contributed by atoms with Crippen molar-refractivity contribution in [2.24, 2.45) is 0 Å². The number of rotatable bonds is 3. The Labute approximate surface area is 144 Å². The minimum absolute atomic E-state index is 0.0625. The Morgan fingerprint density at radius 1 is 1.12 bits per heavy atom. The monoisotopic (exact) mass is 340 g/mol. The van der Waals surface area contributed by atoms with Gasteiger partial charge in [0, 0.05) is 5.56 Å². The van der Waals surface area contributed by atoms with Crippen molar-refractivity contribution in [3.8, 4) is 22.8 Å². The molecule has 1 heterocycles. The standard InChI is InChI=1S/C19H17FN2O3/c1-9-6-5-7-13(16(9)20)18-21-17(22-25-18)14-10(2)8-11(3)15(12(14)4)19(23)24/h5-8H,1-4H3,(H,23,24). The van der Waals surface area contributed by atoms with E-state index in [0.717, 1.165) is 5.56 Å². The number of aromatic nitrogens is 2. The Morgan fingerprint density at radius 2 is 1.84 bits per heavy atom. The topological polar surface area (TPSA) is 76.2 Å². The van der Waals surface area contributed by atoms with Crippen molar-refractivity contribution in [2.45, 2.75) is 27.7 Å². The molecule has 25 heavy (non-hydrogen) atoms. The van der Waals surface area contributed by atoms with Crippen LogP contribution in [0.5, 0.6) is 0 Å². The van der Waals surface area contributed by atoms with E-state index >= 15 is 0 Å². The van der Waals surface area contributed by atoms with Gasteiger partial charge in [0.25, 0.3) is 5.89 Å². The number of carbonyl (C=O) groups is 1. The highest BCUT2D eigenvalue weighted by molar-refractivity contribution is 5.93.